The van der Waals surface area contributed by atoms with E-state index in [9.17, 15) is 0 Å². The van der Waals surface area contributed by atoms with Gasteiger partial charge in [0.15, 0.2) is 0 Å². The summed E-state index contributed by atoms with van der Waals surface area (Å²) >= 11 is 21.0. The van der Waals surface area contributed by atoms with Crippen molar-refractivity contribution in [2.75, 3.05) is 0 Å². The van der Waals surface area contributed by atoms with Crippen molar-refractivity contribution < 1.29 is 89.5 Å². The zero-order chi connectivity index (χ0) is 52.5. The van der Waals surface area contributed by atoms with Crippen LogP contribution in [-0.2, 0) is 140 Å². The van der Waals surface area contributed by atoms with E-state index in [0.29, 0.717) is 0 Å². The predicted molar refractivity (Wildman–Crippen MR) is 320 cm³/mol. The van der Waals surface area contributed by atoms with E-state index in [1.807, 2.05) is 122 Å². The van der Waals surface area contributed by atoms with Crippen LogP contribution in [-0.4, -0.2) is 24.9 Å². The number of para-hydroxylation sites is 4. The van der Waals surface area contributed by atoms with Crippen LogP contribution in [0, 0.1) is 83.1 Å². The van der Waals surface area contributed by atoms with Crippen LogP contribution in [0.15, 0.2) is 185 Å². The molecule has 8 rings (SSSR count). The Morgan fingerprint density at radius 1 is 0.250 bits per heavy atom. The normalized spacial score (nSPS) is 10.5. The first-order chi connectivity index (χ1) is 34.3. The summed E-state index contributed by atoms with van der Waals surface area (Å²) in [5.74, 6) is 0. The Bertz CT molecular complexity index is 2770. The van der Waals surface area contributed by atoms with E-state index in [1.165, 1.54) is 89.0 Å². The molecule has 0 unspecified atom stereocenters. The largest absolute Gasteiger partial charge is 1.00 e. The first-order valence-corrected chi connectivity index (χ1v) is 25.5. The smallest absolute Gasteiger partial charge is 0.778 e. The summed E-state index contributed by atoms with van der Waals surface area (Å²) in [5.41, 5.74) is 23.3. The van der Waals surface area contributed by atoms with Crippen LogP contribution in [0.4, 0.5) is 22.7 Å². The van der Waals surface area contributed by atoms with Crippen molar-refractivity contribution in [3.05, 3.63) is 235 Å². The maximum absolute atomic E-state index is 5.24. The van der Waals surface area contributed by atoms with Crippen molar-refractivity contribution in [2.24, 2.45) is 20.0 Å². The summed E-state index contributed by atoms with van der Waals surface area (Å²) in [5, 5.41) is 0. The van der Waals surface area contributed by atoms with Crippen LogP contribution in [0.2, 0.25) is 0 Å². The number of aliphatic imine (C=N–C) groups is 4. The monoisotopic (exact) mass is 1800 g/mol. The van der Waals surface area contributed by atoms with E-state index in [-0.39, 0.29) is 89.5 Å². The third-order valence-corrected chi connectivity index (χ3v) is 13.1. The van der Waals surface area contributed by atoms with E-state index in [1.54, 1.807) is 0 Å². The zero-order valence-corrected chi connectivity index (χ0v) is 56.7. The third-order valence-electron chi connectivity index (χ3n) is 11.7. The molecule has 0 radical (unpaired) electrons. The number of nitrogens with zero attached hydrogens (tertiary/aromatic N) is 4. The second-order valence-corrected chi connectivity index (χ2v) is 19.9. The molecule has 0 atom stereocenters. The number of rotatable bonds is 8. The molecule has 408 valence electrons. The molecule has 0 amide bonds. The van der Waals surface area contributed by atoms with Crippen LogP contribution in [0.5, 0.6) is 0 Å². The second kappa shape index (κ2) is 35.0. The summed E-state index contributed by atoms with van der Waals surface area (Å²) < 4.78 is 0. The summed E-state index contributed by atoms with van der Waals surface area (Å²) in [6, 6.07) is 48.3. The topological polar surface area (TPSA) is 49.4 Å². The van der Waals surface area contributed by atoms with Crippen LogP contribution >= 0.6 is 0 Å². The fraction of sp³-hybridized carbons (Fsp3) is 0.188. The van der Waals surface area contributed by atoms with Crippen LogP contribution in [0.25, 0.3) is 0 Å². The van der Waals surface area contributed by atoms with Crippen LogP contribution in [0.1, 0.15) is 89.0 Å². The quantitative estimate of drug-likeness (QED) is 0.0864. The fourth-order valence-corrected chi connectivity index (χ4v) is 9.17. The molecular formula is C64H64Au4N4S4. The molecule has 0 fully saturated rings. The molecule has 0 spiro atoms. The van der Waals surface area contributed by atoms with Gasteiger partial charge in [0, 0.05) is 47.6 Å². The summed E-state index contributed by atoms with van der Waals surface area (Å²) in [4.78, 5) is 21.1. The second-order valence-electron chi connectivity index (χ2n) is 18.2. The average Bonchev–Trinajstić information content (AvgIpc) is 3.30. The third kappa shape index (κ3) is 21.8. The van der Waals surface area contributed by atoms with Crippen LogP contribution < -0.4 is 0 Å². The van der Waals surface area contributed by atoms with E-state index in [0.717, 1.165) is 42.3 Å². The minimum atomic E-state index is 0. The van der Waals surface area contributed by atoms with Gasteiger partial charge in [0.25, 0.3) is 0 Å². The maximum atomic E-state index is 5.24. The van der Waals surface area contributed by atoms with Crippen molar-refractivity contribution in [3.63, 3.8) is 0 Å². The van der Waals surface area contributed by atoms with Gasteiger partial charge < -0.3 is 50.5 Å². The molecule has 0 aliphatic rings. The molecular weight excluding hydrogens is 1740 g/mol. The predicted octanol–water partition coefficient (Wildman–Crippen LogP) is 17.1. The SMILES string of the molecule is Cc1cc(C)c(C=Nc2ccccc2[S-])c(C)c1.Cc1cc(C)c(C=Nc2ccccc2[S-])c(C)c1.Cc1cc(C)c(C=Nc2ccccc2[S-])c(C)c1.Cc1cc(C)c(C=Nc2ccccc2[S-])c(C)c1.[Au+].[Au+].[Au+].[Au+]. The Balaban J connectivity index is 0.000000498. The van der Waals surface area contributed by atoms with E-state index in [4.69, 9.17) is 50.5 Å². The van der Waals surface area contributed by atoms with Gasteiger partial charge in [-0.1, -0.05) is 144 Å². The number of hydrogen-bond donors (Lipinski definition) is 0. The molecule has 0 saturated carbocycles. The van der Waals surface area contributed by atoms with E-state index >= 15 is 0 Å². The van der Waals surface area contributed by atoms with Crippen molar-refractivity contribution in [2.45, 2.75) is 103 Å². The molecule has 0 heterocycles. The van der Waals surface area contributed by atoms with Gasteiger partial charge in [0.2, 0.25) is 0 Å². The molecule has 0 bridgehead atoms. The fourth-order valence-electron chi connectivity index (χ4n) is 8.37. The van der Waals surface area contributed by atoms with E-state index < -0.39 is 0 Å². The van der Waals surface area contributed by atoms with Crippen molar-refractivity contribution in [1.29, 1.82) is 0 Å². The average molecular weight is 1810 g/mol. The first-order valence-electron chi connectivity index (χ1n) is 23.8. The molecule has 4 nitrogen and oxygen atoms in total. The minimum absolute atomic E-state index is 0. The van der Waals surface area contributed by atoms with Gasteiger partial charge in [0.05, 0.1) is 0 Å². The Morgan fingerprint density at radius 3 is 0.539 bits per heavy atom. The van der Waals surface area contributed by atoms with Crippen molar-refractivity contribution in [1.82, 2.24) is 0 Å². The molecule has 0 aliphatic heterocycles. The van der Waals surface area contributed by atoms with Crippen molar-refractivity contribution >= 4 is 98.1 Å². The van der Waals surface area contributed by atoms with Crippen molar-refractivity contribution in [3.8, 4) is 0 Å². The summed E-state index contributed by atoms with van der Waals surface area (Å²) in [6.07, 6.45) is 7.65. The van der Waals surface area contributed by atoms with Gasteiger partial charge in [0.1, 0.15) is 0 Å². The Labute approximate surface area is 538 Å². The molecule has 8 aromatic carbocycles. The van der Waals surface area contributed by atoms with E-state index in [2.05, 4.69) is 152 Å². The maximum Gasteiger partial charge on any atom is 1.00 e. The van der Waals surface area contributed by atoms with Gasteiger partial charge in [-0.2, -0.15) is 0 Å². The first kappa shape index (κ1) is 70.3. The van der Waals surface area contributed by atoms with Gasteiger partial charge in [-0.25, -0.2) is 0 Å². The zero-order valence-electron chi connectivity index (χ0n) is 44.8. The Morgan fingerprint density at radius 2 is 0.395 bits per heavy atom. The molecule has 8 aromatic rings. The Kier molecular flexibility index (Phi) is 32.4. The summed E-state index contributed by atoms with van der Waals surface area (Å²) in [6.45, 7) is 25.3. The molecule has 12 heteroatoms. The molecule has 0 N–H and O–H groups in total. The van der Waals surface area contributed by atoms with Gasteiger partial charge in [-0.3, -0.25) is 20.0 Å². The Hall–Kier alpha value is -3.72. The van der Waals surface area contributed by atoms with Gasteiger partial charge in [-0.05, 0) is 174 Å². The molecule has 0 aliphatic carbocycles. The molecule has 0 saturated heterocycles. The number of aryl methyl sites for hydroxylation is 12. The summed E-state index contributed by atoms with van der Waals surface area (Å²) in [7, 11) is 0. The number of benzene rings is 8. The molecule has 76 heavy (non-hydrogen) atoms. The molecule has 0 aromatic heterocycles. The minimum Gasteiger partial charge on any atom is -0.778 e. The van der Waals surface area contributed by atoms with Gasteiger partial charge in [-0.15, -0.1) is 19.6 Å². The number of hydrogen-bond acceptors (Lipinski definition) is 8. The van der Waals surface area contributed by atoms with Gasteiger partial charge >= 0.3 is 89.5 Å². The standard InChI is InChI=1S/4C16H17NS.4Au/c4*1-11-8-12(2)14(13(3)9-11)10-17-15-6-4-5-7-16(15)18;;;;/h4*4-10,18H,1-3H3;;;;/q;;;;4*+1/p-4. The van der Waals surface area contributed by atoms with Crippen LogP contribution in [0.3, 0.4) is 0 Å².